The zero-order valence-electron chi connectivity index (χ0n) is 16.0. The number of hydrogen-bond donors (Lipinski definition) is 1. The quantitative estimate of drug-likeness (QED) is 0.703. The summed E-state index contributed by atoms with van der Waals surface area (Å²) < 4.78 is 16.4. The first-order valence-corrected chi connectivity index (χ1v) is 9.20. The highest BCUT2D eigenvalue weighted by molar-refractivity contribution is 5.92. The van der Waals surface area contributed by atoms with Crippen molar-refractivity contribution in [2.24, 2.45) is 0 Å². The minimum atomic E-state index is 0.00142. The van der Waals surface area contributed by atoms with Crippen molar-refractivity contribution in [2.45, 2.75) is 13.0 Å². The number of methoxy groups -OCH3 is 2. The van der Waals surface area contributed by atoms with Crippen LogP contribution in [0.4, 0.5) is 5.82 Å². The maximum Gasteiger partial charge on any atom is 0.162 e. The van der Waals surface area contributed by atoms with Gasteiger partial charge in [-0.1, -0.05) is 6.07 Å². The number of aromatic nitrogens is 2. The highest BCUT2D eigenvalue weighted by atomic mass is 16.5. The Morgan fingerprint density at radius 3 is 2.64 bits per heavy atom. The summed E-state index contributed by atoms with van der Waals surface area (Å²) in [6.45, 7) is 1.89. The van der Waals surface area contributed by atoms with E-state index in [1.165, 1.54) is 11.1 Å². The van der Waals surface area contributed by atoms with Crippen LogP contribution < -0.4 is 19.1 Å². The topological polar surface area (TPSA) is 76.9 Å². The van der Waals surface area contributed by atoms with Crippen LogP contribution in [0.25, 0.3) is 10.9 Å². The number of aliphatic hydroxyl groups is 1. The number of anilines is 1. The number of nitrogens with zero attached hydrogens (tertiary/aromatic N) is 3. The van der Waals surface area contributed by atoms with E-state index in [0.29, 0.717) is 18.1 Å². The molecule has 0 radical (unpaired) electrons. The molecule has 0 atom stereocenters. The van der Waals surface area contributed by atoms with Gasteiger partial charge in [0, 0.05) is 24.5 Å². The fraction of sp³-hybridized carbons (Fsp3) is 0.333. The van der Waals surface area contributed by atoms with Crippen molar-refractivity contribution in [3.63, 3.8) is 0 Å². The summed E-state index contributed by atoms with van der Waals surface area (Å²) >= 11 is 0. The van der Waals surface area contributed by atoms with Crippen molar-refractivity contribution in [3.05, 3.63) is 47.8 Å². The molecule has 2 aromatic carbocycles. The lowest BCUT2D eigenvalue weighted by Crippen LogP contribution is -2.31. The molecule has 2 heterocycles. The van der Waals surface area contributed by atoms with Gasteiger partial charge in [0.25, 0.3) is 0 Å². The molecule has 0 saturated heterocycles. The Morgan fingerprint density at radius 1 is 1.04 bits per heavy atom. The third kappa shape index (κ3) is 3.41. The van der Waals surface area contributed by atoms with Gasteiger partial charge in [-0.25, -0.2) is 9.97 Å². The van der Waals surface area contributed by atoms with Crippen LogP contribution >= 0.6 is 0 Å². The van der Waals surface area contributed by atoms with Crippen molar-refractivity contribution in [1.82, 2.24) is 9.97 Å². The van der Waals surface area contributed by atoms with Gasteiger partial charge in [0.05, 0.1) is 26.3 Å². The Labute approximate surface area is 163 Å². The number of rotatable bonds is 6. The van der Waals surface area contributed by atoms with E-state index in [4.69, 9.17) is 19.3 Å². The molecular formula is C21H23N3O4. The molecule has 3 aromatic rings. The van der Waals surface area contributed by atoms with Crippen molar-refractivity contribution in [1.29, 1.82) is 0 Å². The summed E-state index contributed by atoms with van der Waals surface area (Å²) in [5, 5.41) is 9.90. The van der Waals surface area contributed by atoms with Crippen LogP contribution in [-0.2, 0) is 13.0 Å². The third-order valence-corrected chi connectivity index (χ3v) is 4.97. The fourth-order valence-corrected chi connectivity index (χ4v) is 3.59. The van der Waals surface area contributed by atoms with Crippen LogP contribution in [0.3, 0.4) is 0 Å². The lowest BCUT2D eigenvalue weighted by molar-refractivity contribution is 0.201. The van der Waals surface area contributed by atoms with E-state index >= 15 is 0 Å². The minimum absolute atomic E-state index is 0.00142. The Kier molecular flexibility index (Phi) is 5.16. The molecule has 1 aliphatic heterocycles. The number of benzene rings is 2. The monoisotopic (exact) mass is 381 g/mol. The van der Waals surface area contributed by atoms with Gasteiger partial charge in [0.15, 0.2) is 11.5 Å². The molecule has 146 valence electrons. The Balaban J connectivity index is 1.69. The summed E-state index contributed by atoms with van der Waals surface area (Å²) in [7, 11) is 3.24. The molecular weight excluding hydrogens is 358 g/mol. The predicted octanol–water partition coefficient (Wildman–Crippen LogP) is 2.58. The van der Waals surface area contributed by atoms with E-state index in [2.05, 4.69) is 20.9 Å². The molecule has 0 fully saturated rings. The van der Waals surface area contributed by atoms with Crippen LogP contribution in [0.1, 0.15) is 11.1 Å². The molecule has 1 aliphatic rings. The molecule has 1 aromatic heterocycles. The zero-order valence-corrected chi connectivity index (χ0v) is 16.0. The van der Waals surface area contributed by atoms with Crippen molar-refractivity contribution in [2.75, 3.05) is 38.9 Å². The lowest BCUT2D eigenvalue weighted by atomic mass is 9.99. The molecule has 1 N–H and O–H groups in total. The molecule has 4 rings (SSSR count). The SMILES string of the molecule is COc1cc2ncnc(N3CCc4ccc(OCCO)cc4C3)c2cc1OC. The van der Waals surface area contributed by atoms with Crippen LogP contribution in [-0.4, -0.2) is 49.1 Å². The first-order chi connectivity index (χ1) is 13.7. The van der Waals surface area contributed by atoms with Crippen molar-refractivity contribution in [3.8, 4) is 17.2 Å². The largest absolute Gasteiger partial charge is 0.493 e. The van der Waals surface area contributed by atoms with Crippen LogP contribution in [0.15, 0.2) is 36.7 Å². The van der Waals surface area contributed by atoms with E-state index in [9.17, 15) is 0 Å². The third-order valence-electron chi connectivity index (χ3n) is 4.97. The Bertz CT molecular complexity index is 993. The molecule has 7 heteroatoms. The number of hydrogen-bond acceptors (Lipinski definition) is 7. The molecule has 28 heavy (non-hydrogen) atoms. The van der Waals surface area contributed by atoms with E-state index in [1.807, 2.05) is 24.3 Å². The van der Waals surface area contributed by atoms with Crippen LogP contribution in [0.5, 0.6) is 17.2 Å². The molecule has 0 amide bonds. The van der Waals surface area contributed by atoms with Gasteiger partial charge in [-0.05, 0) is 35.7 Å². The maximum atomic E-state index is 8.97. The highest BCUT2D eigenvalue weighted by Gasteiger charge is 2.21. The predicted molar refractivity (Wildman–Crippen MR) is 106 cm³/mol. The molecule has 0 bridgehead atoms. The molecule has 0 aliphatic carbocycles. The summed E-state index contributed by atoms with van der Waals surface area (Å²) in [5.74, 6) is 2.95. The molecule has 0 spiro atoms. The standard InChI is InChI=1S/C21H23N3O4/c1-26-19-10-17-18(11-20(19)27-2)22-13-23-21(17)24-6-5-14-3-4-16(28-8-7-25)9-15(14)12-24/h3-4,9-11,13,25H,5-8,12H2,1-2H3. The molecule has 7 nitrogen and oxygen atoms in total. The first kappa shape index (κ1) is 18.3. The smallest absolute Gasteiger partial charge is 0.162 e. The fourth-order valence-electron chi connectivity index (χ4n) is 3.59. The van der Waals surface area contributed by atoms with Gasteiger partial charge in [0.1, 0.15) is 24.5 Å². The lowest BCUT2D eigenvalue weighted by Gasteiger charge is -2.30. The summed E-state index contributed by atoms with van der Waals surface area (Å²) in [5.41, 5.74) is 3.33. The van der Waals surface area contributed by atoms with E-state index in [1.54, 1.807) is 20.5 Å². The van der Waals surface area contributed by atoms with Crippen molar-refractivity contribution >= 4 is 16.7 Å². The average Bonchev–Trinajstić information content (AvgIpc) is 2.75. The van der Waals surface area contributed by atoms with Gasteiger partial charge < -0.3 is 24.2 Å². The molecule has 0 unspecified atom stereocenters. The van der Waals surface area contributed by atoms with Crippen molar-refractivity contribution < 1.29 is 19.3 Å². The summed E-state index contributed by atoms with van der Waals surface area (Å²) in [4.78, 5) is 11.2. The van der Waals surface area contributed by atoms with Crippen LogP contribution in [0, 0.1) is 0 Å². The maximum absolute atomic E-state index is 8.97. The number of aliphatic hydroxyl groups excluding tert-OH is 1. The second-order valence-corrected chi connectivity index (χ2v) is 6.60. The van der Waals surface area contributed by atoms with Gasteiger partial charge in [-0.3, -0.25) is 0 Å². The second kappa shape index (κ2) is 7.90. The minimum Gasteiger partial charge on any atom is -0.493 e. The zero-order chi connectivity index (χ0) is 19.5. The summed E-state index contributed by atoms with van der Waals surface area (Å²) in [6, 6.07) is 9.91. The van der Waals surface area contributed by atoms with Gasteiger partial charge in [-0.15, -0.1) is 0 Å². The second-order valence-electron chi connectivity index (χ2n) is 6.60. The first-order valence-electron chi connectivity index (χ1n) is 9.20. The Morgan fingerprint density at radius 2 is 1.86 bits per heavy atom. The van der Waals surface area contributed by atoms with E-state index in [0.717, 1.165) is 42.0 Å². The van der Waals surface area contributed by atoms with E-state index < -0.39 is 0 Å². The molecule has 0 saturated carbocycles. The number of fused-ring (bicyclic) bond motifs is 2. The summed E-state index contributed by atoms with van der Waals surface area (Å²) in [6.07, 6.45) is 2.51. The Hall–Kier alpha value is -3.06. The average molecular weight is 381 g/mol. The van der Waals surface area contributed by atoms with E-state index in [-0.39, 0.29) is 6.61 Å². The highest BCUT2D eigenvalue weighted by Crippen LogP contribution is 2.36. The van der Waals surface area contributed by atoms with Gasteiger partial charge >= 0.3 is 0 Å². The normalized spacial score (nSPS) is 13.3. The number of ether oxygens (including phenoxy) is 3. The van der Waals surface area contributed by atoms with Gasteiger partial charge in [-0.2, -0.15) is 0 Å². The van der Waals surface area contributed by atoms with Gasteiger partial charge in [0.2, 0.25) is 0 Å². The van der Waals surface area contributed by atoms with Crippen LogP contribution in [0.2, 0.25) is 0 Å².